The Morgan fingerprint density at radius 2 is 1.78 bits per heavy atom. The highest BCUT2D eigenvalue weighted by atomic mass is 35.5. The Balaban J connectivity index is 1.66. The van der Waals surface area contributed by atoms with Gasteiger partial charge in [0.1, 0.15) is 11.5 Å². The summed E-state index contributed by atoms with van der Waals surface area (Å²) in [6.07, 6.45) is 1.34. The molecule has 0 bridgehead atoms. The Kier molecular flexibility index (Phi) is 5.59. The predicted octanol–water partition coefficient (Wildman–Crippen LogP) is 4.72. The smallest absolute Gasteiger partial charge is 0.335 e. The van der Waals surface area contributed by atoms with Gasteiger partial charge in [-0.15, -0.1) is 0 Å². The fourth-order valence-corrected chi connectivity index (χ4v) is 2.74. The topological polar surface area (TPSA) is 91.9 Å². The number of carbonyl (C=O) groups excluding carboxylic acids is 1. The van der Waals surface area contributed by atoms with Crippen LogP contribution in [0.4, 0.5) is 0 Å². The molecule has 1 heterocycles. The van der Waals surface area contributed by atoms with E-state index in [1.807, 2.05) is 0 Å². The molecule has 0 saturated carbocycles. The van der Waals surface area contributed by atoms with Crippen LogP contribution >= 0.6 is 23.2 Å². The second kappa shape index (κ2) is 8.07. The summed E-state index contributed by atoms with van der Waals surface area (Å²) >= 11 is 11.8. The molecule has 6 nitrogen and oxygen atoms in total. The first-order valence-corrected chi connectivity index (χ1v) is 8.41. The molecule has 0 aliphatic heterocycles. The average Bonchev–Trinajstić information content (AvgIpc) is 3.10. The van der Waals surface area contributed by atoms with Gasteiger partial charge in [-0.3, -0.25) is 4.79 Å². The van der Waals surface area contributed by atoms with Crippen molar-refractivity contribution in [3.8, 4) is 11.3 Å². The van der Waals surface area contributed by atoms with Gasteiger partial charge in [0, 0.05) is 10.6 Å². The number of nitrogens with zero attached hydrogens (tertiary/aromatic N) is 1. The maximum Gasteiger partial charge on any atom is 0.335 e. The Hall–Kier alpha value is -3.09. The molecule has 1 aromatic heterocycles. The number of carbonyl (C=O) groups is 2. The predicted molar refractivity (Wildman–Crippen MR) is 103 cm³/mol. The third-order valence-electron chi connectivity index (χ3n) is 3.58. The monoisotopic (exact) mass is 402 g/mol. The minimum absolute atomic E-state index is 0.190. The van der Waals surface area contributed by atoms with Crippen LogP contribution in [0.2, 0.25) is 10.0 Å². The molecule has 2 N–H and O–H groups in total. The van der Waals surface area contributed by atoms with Crippen molar-refractivity contribution in [2.75, 3.05) is 0 Å². The summed E-state index contributed by atoms with van der Waals surface area (Å²) in [5.41, 5.74) is 3.51. The third-order valence-corrected chi connectivity index (χ3v) is 4.12. The van der Waals surface area contributed by atoms with Crippen LogP contribution in [0, 0.1) is 0 Å². The van der Waals surface area contributed by atoms with Crippen LogP contribution in [0.15, 0.2) is 64.1 Å². The van der Waals surface area contributed by atoms with Crippen LogP contribution in [0.25, 0.3) is 11.3 Å². The molecule has 2 aromatic carbocycles. The highest BCUT2D eigenvalue weighted by Gasteiger charge is 2.10. The number of halogens is 2. The van der Waals surface area contributed by atoms with Crippen molar-refractivity contribution in [1.82, 2.24) is 5.43 Å². The van der Waals surface area contributed by atoms with E-state index in [9.17, 15) is 9.59 Å². The number of hydrazone groups is 1. The molecule has 27 heavy (non-hydrogen) atoms. The van der Waals surface area contributed by atoms with Gasteiger partial charge in [-0.05, 0) is 42.5 Å². The van der Waals surface area contributed by atoms with E-state index in [-0.39, 0.29) is 16.1 Å². The van der Waals surface area contributed by atoms with E-state index < -0.39 is 11.9 Å². The summed E-state index contributed by atoms with van der Waals surface area (Å²) in [7, 11) is 0. The molecule has 8 heteroatoms. The van der Waals surface area contributed by atoms with Gasteiger partial charge < -0.3 is 9.52 Å². The summed E-state index contributed by atoms with van der Waals surface area (Å²) in [5.74, 6) is -0.524. The van der Waals surface area contributed by atoms with Crippen LogP contribution in [0.1, 0.15) is 26.5 Å². The lowest BCUT2D eigenvalue weighted by atomic mass is 10.1. The molecular formula is C19H12Cl2N2O4. The minimum Gasteiger partial charge on any atom is -0.478 e. The highest BCUT2D eigenvalue weighted by Crippen LogP contribution is 2.22. The number of carboxylic acids is 1. The minimum atomic E-state index is -0.995. The maximum absolute atomic E-state index is 12.0. The molecule has 1 amide bonds. The van der Waals surface area contributed by atoms with Crippen LogP contribution in [0.3, 0.4) is 0 Å². The van der Waals surface area contributed by atoms with Crippen LogP contribution in [0.5, 0.6) is 0 Å². The number of rotatable bonds is 5. The zero-order chi connectivity index (χ0) is 19.4. The van der Waals surface area contributed by atoms with Crippen LogP contribution in [-0.2, 0) is 0 Å². The first-order chi connectivity index (χ1) is 12.9. The van der Waals surface area contributed by atoms with Crippen LogP contribution in [-0.4, -0.2) is 23.2 Å². The third kappa shape index (κ3) is 4.55. The molecule has 0 fully saturated rings. The first-order valence-electron chi connectivity index (χ1n) is 7.66. The van der Waals surface area contributed by atoms with Gasteiger partial charge in [0.25, 0.3) is 5.91 Å². The zero-order valence-electron chi connectivity index (χ0n) is 13.6. The number of carboxylic acid groups (broad SMARTS) is 1. The normalized spacial score (nSPS) is 10.9. The number of benzene rings is 2. The lowest BCUT2D eigenvalue weighted by Gasteiger charge is -2.02. The van der Waals surface area contributed by atoms with Crippen molar-refractivity contribution in [3.05, 3.63) is 81.5 Å². The average molecular weight is 403 g/mol. The molecule has 136 valence electrons. The van der Waals surface area contributed by atoms with Gasteiger partial charge in [-0.2, -0.15) is 5.10 Å². The van der Waals surface area contributed by atoms with Crippen molar-refractivity contribution < 1.29 is 19.1 Å². The number of hydrogen-bond donors (Lipinski definition) is 2. The van der Waals surface area contributed by atoms with E-state index in [1.54, 1.807) is 30.3 Å². The molecule has 0 aliphatic carbocycles. The molecule has 0 spiro atoms. The largest absolute Gasteiger partial charge is 0.478 e. The van der Waals surface area contributed by atoms with E-state index in [1.165, 1.54) is 30.5 Å². The second-order valence-corrected chi connectivity index (χ2v) is 6.25. The molecule has 0 aliphatic rings. The van der Waals surface area contributed by atoms with Crippen molar-refractivity contribution >= 4 is 41.3 Å². The Labute approximate surface area is 164 Å². The fraction of sp³-hybridized carbons (Fsp3) is 0. The quantitative estimate of drug-likeness (QED) is 0.477. The van der Waals surface area contributed by atoms with E-state index in [0.717, 1.165) is 5.56 Å². The SMILES string of the molecule is O=C(O)c1ccc(-c2ccc(/C=N\NC(=O)c3ccc(Cl)cc3Cl)o2)cc1. The van der Waals surface area contributed by atoms with Gasteiger partial charge in [0.2, 0.25) is 0 Å². The molecule has 0 unspecified atom stereocenters. The Morgan fingerprint density at radius 3 is 2.44 bits per heavy atom. The number of nitrogens with one attached hydrogen (secondary N) is 1. The Bertz CT molecular complexity index is 1030. The van der Waals surface area contributed by atoms with Gasteiger partial charge in [-0.25, -0.2) is 10.2 Å². The van der Waals surface area contributed by atoms with Gasteiger partial charge in [0.05, 0.1) is 22.4 Å². The van der Waals surface area contributed by atoms with Crippen molar-refractivity contribution in [2.45, 2.75) is 0 Å². The first kappa shape index (κ1) is 18.7. The van der Waals surface area contributed by atoms with E-state index in [0.29, 0.717) is 16.5 Å². The summed E-state index contributed by atoms with van der Waals surface area (Å²) in [6.45, 7) is 0. The van der Waals surface area contributed by atoms with E-state index >= 15 is 0 Å². The van der Waals surface area contributed by atoms with Crippen molar-refractivity contribution in [3.63, 3.8) is 0 Å². The van der Waals surface area contributed by atoms with Gasteiger partial charge >= 0.3 is 5.97 Å². The zero-order valence-corrected chi connectivity index (χ0v) is 15.2. The molecule has 0 radical (unpaired) electrons. The summed E-state index contributed by atoms with van der Waals surface area (Å²) in [6, 6.07) is 14.2. The standard InChI is InChI=1S/C19H12Cl2N2O4/c20-13-5-7-15(16(21)9-13)18(24)23-22-10-14-6-8-17(27-14)11-1-3-12(4-2-11)19(25)26/h1-10H,(H,23,24)(H,25,26)/b22-10-. The van der Waals surface area contributed by atoms with Gasteiger partial charge in [0.15, 0.2) is 0 Å². The molecule has 0 atom stereocenters. The lowest BCUT2D eigenvalue weighted by Crippen LogP contribution is -2.17. The Morgan fingerprint density at radius 1 is 1.04 bits per heavy atom. The molecular weight excluding hydrogens is 391 g/mol. The fourth-order valence-electron chi connectivity index (χ4n) is 2.24. The summed E-state index contributed by atoms with van der Waals surface area (Å²) < 4.78 is 5.61. The summed E-state index contributed by atoms with van der Waals surface area (Å²) in [5, 5.41) is 13.4. The van der Waals surface area contributed by atoms with Crippen molar-refractivity contribution in [2.24, 2.45) is 5.10 Å². The lowest BCUT2D eigenvalue weighted by molar-refractivity contribution is 0.0696. The van der Waals surface area contributed by atoms with E-state index in [2.05, 4.69) is 10.5 Å². The van der Waals surface area contributed by atoms with Gasteiger partial charge in [-0.1, -0.05) is 35.3 Å². The number of hydrogen-bond acceptors (Lipinski definition) is 4. The van der Waals surface area contributed by atoms with Crippen LogP contribution < -0.4 is 5.43 Å². The van der Waals surface area contributed by atoms with E-state index in [4.69, 9.17) is 32.7 Å². The highest BCUT2D eigenvalue weighted by molar-refractivity contribution is 6.36. The van der Waals surface area contributed by atoms with Crippen molar-refractivity contribution in [1.29, 1.82) is 0 Å². The number of aromatic carboxylic acids is 1. The number of furan rings is 1. The number of amides is 1. The summed E-state index contributed by atoms with van der Waals surface area (Å²) in [4.78, 5) is 22.9. The molecule has 0 saturated heterocycles. The maximum atomic E-state index is 12.0. The second-order valence-electron chi connectivity index (χ2n) is 5.41. The molecule has 3 aromatic rings. The molecule has 3 rings (SSSR count).